The van der Waals surface area contributed by atoms with Crippen molar-refractivity contribution in [1.29, 1.82) is 0 Å². The quantitative estimate of drug-likeness (QED) is 0.760. The summed E-state index contributed by atoms with van der Waals surface area (Å²) in [5.41, 5.74) is 1.53. The fraction of sp³-hybridized carbons (Fsp3) is 0.400. The first kappa shape index (κ1) is 11.5. The third kappa shape index (κ3) is 2.31. The van der Waals surface area contributed by atoms with E-state index < -0.39 is 0 Å². The topological polar surface area (TPSA) is 33.5 Å². The summed E-state index contributed by atoms with van der Waals surface area (Å²) in [5.74, 6) is 0. The molecule has 18 heavy (non-hydrogen) atoms. The van der Waals surface area contributed by atoms with Crippen molar-refractivity contribution in [3.05, 3.63) is 46.3 Å². The van der Waals surface area contributed by atoms with Gasteiger partial charge in [-0.1, -0.05) is 24.6 Å². The van der Waals surface area contributed by atoms with Gasteiger partial charge in [-0.05, 0) is 37.6 Å². The Morgan fingerprint density at radius 3 is 2.72 bits per heavy atom. The van der Waals surface area contributed by atoms with Gasteiger partial charge in [-0.25, -0.2) is 4.79 Å². The van der Waals surface area contributed by atoms with Gasteiger partial charge in [-0.3, -0.25) is 4.90 Å². The molecule has 1 saturated heterocycles. The highest BCUT2D eigenvalue weighted by Gasteiger charge is 2.13. The molecule has 0 aliphatic carbocycles. The highest BCUT2D eigenvalue weighted by molar-refractivity contribution is 5.79. The molecule has 0 atom stereocenters. The minimum Gasteiger partial charge on any atom is -0.423 e. The lowest BCUT2D eigenvalue weighted by molar-refractivity contribution is 0.221. The molecule has 0 bridgehead atoms. The molecule has 1 fully saturated rings. The summed E-state index contributed by atoms with van der Waals surface area (Å²) < 4.78 is 5.22. The molecule has 2 heterocycles. The molecular formula is C15H17NO2. The number of benzene rings is 1. The molecular weight excluding hydrogens is 226 g/mol. The molecule has 94 valence electrons. The minimum atomic E-state index is -0.249. The van der Waals surface area contributed by atoms with Gasteiger partial charge in [0.15, 0.2) is 0 Å². The molecule has 0 N–H and O–H groups in total. The van der Waals surface area contributed by atoms with Gasteiger partial charge >= 0.3 is 5.63 Å². The summed E-state index contributed by atoms with van der Waals surface area (Å²) in [4.78, 5) is 14.0. The number of nitrogens with zero attached hydrogens (tertiary/aromatic N) is 1. The second kappa shape index (κ2) is 4.94. The lowest BCUT2D eigenvalue weighted by atomic mass is 10.1. The molecule has 3 heteroatoms. The lowest BCUT2D eigenvalue weighted by Crippen LogP contribution is -2.29. The van der Waals surface area contributed by atoms with Crippen molar-refractivity contribution < 1.29 is 4.42 Å². The van der Waals surface area contributed by atoms with Gasteiger partial charge in [-0.15, -0.1) is 0 Å². The van der Waals surface area contributed by atoms with Crippen LogP contribution in [-0.4, -0.2) is 18.0 Å². The summed E-state index contributed by atoms with van der Waals surface area (Å²) in [7, 11) is 0. The van der Waals surface area contributed by atoms with Crippen molar-refractivity contribution in [2.45, 2.75) is 25.8 Å². The third-order valence-electron chi connectivity index (χ3n) is 3.58. The van der Waals surface area contributed by atoms with Crippen LogP contribution in [0.1, 0.15) is 24.8 Å². The van der Waals surface area contributed by atoms with Crippen LogP contribution < -0.4 is 5.63 Å². The lowest BCUT2D eigenvalue weighted by Gasteiger charge is -2.26. The number of piperidine rings is 1. The van der Waals surface area contributed by atoms with Crippen molar-refractivity contribution in [3.8, 4) is 0 Å². The maximum absolute atomic E-state index is 11.6. The van der Waals surface area contributed by atoms with Gasteiger partial charge in [0.2, 0.25) is 0 Å². The highest BCUT2D eigenvalue weighted by Crippen LogP contribution is 2.19. The van der Waals surface area contributed by atoms with E-state index in [9.17, 15) is 4.79 Å². The standard InChI is InChI=1S/C15H17NO2/c17-15-10-12(11-16-8-4-1-5-9-16)13-6-2-3-7-14(13)18-15/h2-3,6-7,10H,1,4-5,8-9,11H2. The zero-order chi connectivity index (χ0) is 12.4. The van der Waals surface area contributed by atoms with Gasteiger partial charge in [0.1, 0.15) is 5.58 Å². The number of para-hydroxylation sites is 1. The van der Waals surface area contributed by atoms with Crippen LogP contribution in [0.4, 0.5) is 0 Å². The Bertz CT molecular complexity index is 597. The molecule has 1 aromatic carbocycles. The van der Waals surface area contributed by atoms with Gasteiger partial charge in [0.05, 0.1) is 0 Å². The van der Waals surface area contributed by atoms with Gasteiger partial charge in [0.25, 0.3) is 0 Å². The average Bonchev–Trinajstić information content (AvgIpc) is 2.40. The van der Waals surface area contributed by atoms with Gasteiger partial charge in [0, 0.05) is 18.0 Å². The van der Waals surface area contributed by atoms with Crippen LogP contribution in [0.15, 0.2) is 39.5 Å². The SMILES string of the molecule is O=c1cc(CN2CCCCC2)c2ccccc2o1. The van der Waals surface area contributed by atoms with Crippen LogP contribution in [-0.2, 0) is 6.54 Å². The van der Waals surface area contributed by atoms with E-state index in [1.807, 2.05) is 24.3 Å². The van der Waals surface area contributed by atoms with E-state index in [1.165, 1.54) is 19.3 Å². The maximum Gasteiger partial charge on any atom is 0.336 e. The van der Waals surface area contributed by atoms with Crippen molar-refractivity contribution in [2.75, 3.05) is 13.1 Å². The molecule has 1 aromatic heterocycles. The van der Waals surface area contributed by atoms with Crippen molar-refractivity contribution in [3.63, 3.8) is 0 Å². The Hall–Kier alpha value is -1.61. The van der Waals surface area contributed by atoms with Crippen LogP contribution in [0.25, 0.3) is 11.0 Å². The Labute approximate surface area is 106 Å². The van der Waals surface area contributed by atoms with Gasteiger partial charge in [-0.2, -0.15) is 0 Å². The maximum atomic E-state index is 11.6. The highest BCUT2D eigenvalue weighted by atomic mass is 16.4. The van der Waals surface area contributed by atoms with Crippen LogP contribution in [0, 0.1) is 0 Å². The number of rotatable bonds is 2. The van der Waals surface area contributed by atoms with Crippen LogP contribution in [0.5, 0.6) is 0 Å². The summed E-state index contributed by atoms with van der Waals surface area (Å²) in [5, 5.41) is 1.06. The van der Waals surface area contributed by atoms with Crippen molar-refractivity contribution >= 4 is 11.0 Å². The predicted octanol–water partition coefficient (Wildman–Crippen LogP) is 2.78. The molecule has 0 spiro atoms. The van der Waals surface area contributed by atoms with E-state index in [-0.39, 0.29) is 5.63 Å². The monoisotopic (exact) mass is 243 g/mol. The first-order valence-electron chi connectivity index (χ1n) is 6.57. The second-order valence-electron chi connectivity index (χ2n) is 4.92. The van der Waals surface area contributed by atoms with Crippen molar-refractivity contribution in [1.82, 2.24) is 4.90 Å². The molecule has 0 radical (unpaired) electrons. The zero-order valence-electron chi connectivity index (χ0n) is 10.4. The first-order valence-corrected chi connectivity index (χ1v) is 6.57. The number of fused-ring (bicyclic) bond motifs is 1. The van der Waals surface area contributed by atoms with E-state index >= 15 is 0 Å². The van der Waals surface area contributed by atoms with Gasteiger partial charge < -0.3 is 4.42 Å². The fourth-order valence-corrected chi connectivity index (χ4v) is 2.67. The molecule has 0 unspecified atom stereocenters. The number of hydrogen-bond acceptors (Lipinski definition) is 3. The van der Waals surface area contributed by atoms with Crippen LogP contribution in [0.2, 0.25) is 0 Å². The smallest absolute Gasteiger partial charge is 0.336 e. The van der Waals surface area contributed by atoms with Crippen LogP contribution >= 0.6 is 0 Å². The Kier molecular flexibility index (Phi) is 3.15. The number of hydrogen-bond donors (Lipinski definition) is 0. The van der Waals surface area contributed by atoms with E-state index in [0.29, 0.717) is 5.58 Å². The zero-order valence-corrected chi connectivity index (χ0v) is 10.4. The first-order chi connectivity index (χ1) is 8.83. The molecule has 1 aliphatic heterocycles. The molecule has 1 aliphatic rings. The Balaban J connectivity index is 1.97. The Morgan fingerprint density at radius 2 is 1.89 bits per heavy atom. The molecule has 2 aromatic rings. The second-order valence-corrected chi connectivity index (χ2v) is 4.92. The predicted molar refractivity (Wildman–Crippen MR) is 71.6 cm³/mol. The molecule has 0 amide bonds. The summed E-state index contributed by atoms with van der Waals surface area (Å²) in [6, 6.07) is 9.41. The van der Waals surface area contributed by atoms with E-state index in [2.05, 4.69) is 4.90 Å². The molecule has 0 saturated carbocycles. The summed E-state index contributed by atoms with van der Waals surface area (Å²) >= 11 is 0. The average molecular weight is 243 g/mol. The Morgan fingerprint density at radius 1 is 1.11 bits per heavy atom. The fourth-order valence-electron chi connectivity index (χ4n) is 2.67. The largest absolute Gasteiger partial charge is 0.423 e. The summed E-state index contributed by atoms with van der Waals surface area (Å²) in [6.07, 6.45) is 3.85. The summed E-state index contributed by atoms with van der Waals surface area (Å²) in [6.45, 7) is 3.12. The van der Waals surface area contributed by atoms with Crippen LogP contribution in [0.3, 0.4) is 0 Å². The minimum absolute atomic E-state index is 0.249. The number of likely N-dealkylation sites (tertiary alicyclic amines) is 1. The van der Waals surface area contributed by atoms with E-state index in [0.717, 1.165) is 30.6 Å². The van der Waals surface area contributed by atoms with E-state index in [4.69, 9.17) is 4.42 Å². The van der Waals surface area contributed by atoms with Crippen molar-refractivity contribution in [2.24, 2.45) is 0 Å². The molecule has 3 rings (SSSR count). The molecule has 3 nitrogen and oxygen atoms in total. The third-order valence-corrected chi connectivity index (χ3v) is 3.58. The van der Waals surface area contributed by atoms with E-state index in [1.54, 1.807) is 6.07 Å². The normalized spacial score (nSPS) is 17.1.